The van der Waals surface area contributed by atoms with E-state index in [1.807, 2.05) is 0 Å². The average molecular weight is 343 g/mol. The number of halogens is 2. The van der Waals surface area contributed by atoms with Gasteiger partial charge in [-0.05, 0) is 36.4 Å². The van der Waals surface area contributed by atoms with Crippen LogP contribution < -0.4 is 10.0 Å². The van der Waals surface area contributed by atoms with E-state index in [0.29, 0.717) is 5.02 Å². The standard InChI is InChI=1S/C14H12ClFN2O3S/c1-9(19)17-14-8-12(5-6-13(14)16)22(20,21)18-11-4-2-3-10(15)7-11/h2-8,18H,1H3,(H,17,19). The molecule has 0 aliphatic carbocycles. The number of carbonyl (C=O) groups is 1. The van der Waals surface area contributed by atoms with E-state index in [2.05, 4.69) is 10.0 Å². The number of benzene rings is 2. The van der Waals surface area contributed by atoms with Gasteiger partial charge in [-0.25, -0.2) is 12.8 Å². The van der Waals surface area contributed by atoms with Crippen molar-refractivity contribution in [2.75, 3.05) is 10.0 Å². The highest BCUT2D eigenvalue weighted by Gasteiger charge is 2.17. The van der Waals surface area contributed by atoms with Crippen molar-refractivity contribution in [1.82, 2.24) is 0 Å². The molecule has 5 nitrogen and oxygen atoms in total. The fraction of sp³-hybridized carbons (Fsp3) is 0.0714. The van der Waals surface area contributed by atoms with Crippen LogP contribution >= 0.6 is 11.6 Å². The van der Waals surface area contributed by atoms with E-state index < -0.39 is 21.7 Å². The summed E-state index contributed by atoms with van der Waals surface area (Å²) in [6.07, 6.45) is 0. The molecule has 0 radical (unpaired) electrons. The molecule has 116 valence electrons. The number of carbonyl (C=O) groups excluding carboxylic acids is 1. The lowest BCUT2D eigenvalue weighted by atomic mass is 10.3. The zero-order valence-electron chi connectivity index (χ0n) is 11.4. The van der Waals surface area contributed by atoms with Gasteiger partial charge in [0.05, 0.1) is 16.3 Å². The normalized spacial score (nSPS) is 11.0. The molecule has 0 fully saturated rings. The summed E-state index contributed by atoms with van der Waals surface area (Å²) >= 11 is 5.79. The fourth-order valence-corrected chi connectivity index (χ4v) is 2.99. The van der Waals surface area contributed by atoms with Gasteiger partial charge >= 0.3 is 0 Å². The molecule has 0 aliphatic heterocycles. The van der Waals surface area contributed by atoms with Crippen molar-refractivity contribution in [3.63, 3.8) is 0 Å². The monoisotopic (exact) mass is 342 g/mol. The molecule has 0 aromatic heterocycles. The molecule has 0 unspecified atom stereocenters. The maximum absolute atomic E-state index is 13.6. The Morgan fingerprint density at radius 1 is 1.18 bits per heavy atom. The number of hydrogen-bond acceptors (Lipinski definition) is 3. The van der Waals surface area contributed by atoms with E-state index in [0.717, 1.165) is 18.2 Å². The van der Waals surface area contributed by atoms with E-state index in [4.69, 9.17) is 11.6 Å². The molecule has 0 saturated heterocycles. The summed E-state index contributed by atoms with van der Waals surface area (Å²) in [5, 5.41) is 2.60. The number of nitrogens with one attached hydrogen (secondary N) is 2. The van der Waals surface area contributed by atoms with Crippen molar-refractivity contribution >= 4 is 38.9 Å². The third-order valence-electron chi connectivity index (χ3n) is 2.64. The summed E-state index contributed by atoms with van der Waals surface area (Å²) in [4.78, 5) is 10.8. The number of anilines is 2. The third kappa shape index (κ3) is 3.96. The Bertz CT molecular complexity index is 825. The van der Waals surface area contributed by atoms with Gasteiger partial charge in [0.15, 0.2) is 0 Å². The Morgan fingerprint density at radius 3 is 2.55 bits per heavy atom. The first-order valence-electron chi connectivity index (χ1n) is 6.13. The lowest BCUT2D eigenvalue weighted by molar-refractivity contribution is -0.114. The SMILES string of the molecule is CC(=O)Nc1cc(S(=O)(=O)Nc2cccc(Cl)c2)ccc1F. The van der Waals surface area contributed by atoms with E-state index in [-0.39, 0.29) is 16.3 Å². The van der Waals surface area contributed by atoms with Crippen molar-refractivity contribution in [3.05, 3.63) is 53.3 Å². The van der Waals surface area contributed by atoms with E-state index in [1.54, 1.807) is 12.1 Å². The Hall–Kier alpha value is -2.12. The number of hydrogen-bond donors (Lipinski definition) is 2. The van der Waals surface area contributed by atoms with Gasteiger partial charge < -0.3 is 5.32 Å². The second kappa shape index (κ2) is 6.33. The van der Waals surface area contributed by atoms with Gasteiger partial charge in [0.2, 0.25) is 5.91 Å². The Balaban J connectivity index is 2.35. The van der Waals surface area contributed by atoms with Gasteiger partial charge in [-0.1, -0.05) is 17.7 Å². The van der Waals surface area contributed by atoms with Gasteiger partial charge in [-0.15, -0.1) is 0 Å². The summed E-state index contributed by atoms with van der Waals surface area (Å²) in [6, 6.07) is 9.29. The summed E-state index contributed by atoms with van der Waals surface area (Å²) in [7, 11) is -3.93. The first-order valence-corrected chi connectivity index (χ1v) is 7.99. The van der Waals surface area contributed by atoms with Crippen LogP contribution in [0.2, 0.25) is 5.02 Å². The molecule has 1 amide bonds. The molecule has 2 aromatic rings. The highest BCUT2D eigenvalue weighted by Crippen LogP contribution is 2.23. The molecular formula is C14H12ClFN2O3S. The molecule has 0 atom stereocenters. The van der Waals surface area contributed by atoms with Crippen LogP contribution in [0.25, 0.3) is 0 Å². The van der Waals surface area contributed by atoms with Crippen molar-refractivity contribution in [1.29, 1.82) is 0 Å². The van der Waals surface area contributed by atoms with Gasteiger partial charge in [0.1, 0.15) is 5.82 Å². The first kappa shape index (κ1) is 16.3. The van der Waals surface area contributed by atoms with Crippen LogP contribution in [0.15, 0.2) is 47.4 Å². The van der Waals surface area contributed by atoms with Crippen molar-refractivity contribution in [2.24, 2.45) is 0 Å². The summed E-state index contributed by atoms with van der Waals surface area (Å²) in [5.74, 6) is -1.23. The molecular weight excluding hydrogens is 331 g/mol. The van der Waals surface area contributed by atoms with Crippen LogP contribution in [0, 0.1) is 5.82 Å². The second-order valence-corrected chi connectivity index (χ2v) is 6.56. The van der Waals surface area contributed by atoms with Crippen LogP contribution in [-0.2, 0) is 14.8 Å². The lowest BCUT2D eigenvalue weighted by Gasteiger charge is -2.10. The molecule has 2 aromatic carbocycles. The molecule has 0 bridgehead atoms. The maximum Gasteiger partial charge on any atom is 0.261 e. The Kier molecular flexibility index (Phi) is 4.68. The minimum absolute atomic E-state index is 0.183. The first-order chi connectivity index (χ1) is 10.3. The Labute approximate surface area is 132 Å². The van der Waals surface area contributed by atoms with E-state index in [9.17, 15) is 17.6 Å². The number of sulfonamides is 1. The minimum Gasteiger partial charge on any atom is -0.324 e. The Morgan fingerprint density at radius 2 is 1.91 bits per heavy atom. The van der Waals surface area contributed by atoms with Gasteiger partial charge in [-0.2, -0.15) is 0 Å². The van der Waals surface area contributed by atoms with Crippen molar-refractivity contribution in [3.8, 4) is 0 Å². The molecule has 0 saturated carbocycles. The molecule has 8 heteroatoms. The third-order valence-corrected chi connectivity index (χ3v) is 4.25. The highest BCUT2D eigenvalue weighted by atomic mass is 35.5. The summed E-state index contributed by atoms with van der Waals surface area (Å²) < 4.78 is 40.4. The average Bonchev–Trinajstić information content (AvgIpc) is 2.40. The zero-order valence-corrected chi connectivity index (χ0v) is 13.0. The van der Waals surface area contributed by atoms with Crippen LogP contribution in [0.5, 0.6) is 0 Å². The van der Waals surface area contributed by atoms with E-state index >= 15 is 0 Å². The highest BCUT2D eigenvalue weighted by molar-refractivity contribution is 7.92. The van der Waals surface area contributed by atoms with E-state index in [1.165, 1.54) is 19.1 Å². The number of rotatable bonds is 4. The fourth-order valence-electron chi connectivity index (χ4n) is 1.72. The van der Waals surface area contributed by atoms with Crippen LogP contribution in [0.1, 0.15) is 6.92 Å². The molecule has 0 heterocycles. The topological polar surface area (TPSA) is 75.3 Å². The smallest absolute Gasteiger partial charge is 0.261 e. The largest absolute Gasteiger partial charge is 0.324 e. The molecule has 2 rings (SSSR count). The summed E-state index contributed by atoms with van der Waals surface area (Å²) in [6.45, 7) is 1.20. The van der Waals surface area contributed by atoms with Crippen LogP contribution in [-0.4, -0.2) is 14.3 Å². The minimum atomic E-state index is -3.93. The molecule has 22 heavy (non-hydrogen) atoms. The van der Waals surface area contributed by atoms with Crippen LogP contribution in [0.3, 0.4) is 0 Å². The van der Waals surface area contributed by atoms with Crippen molar-refractivity contribution in [2.45, 2.75) is 11.8 Å². The van der Waals surface area contributed by atoms with Gasteiger partial charge in [-0.3, -0.25) is 9.52 Å². The molecule has 0 aliphatic rings. The predicted molar refractivity (Wildman–Crippen MR) is 83.0 cm³/mol. The number of amides is 1. The molecule has 0 spiro atoms. The zero-order chi connectivity index (χ0) is 16.3. The van der Waals surface area contributed by atoms with Gasteiger partial charge in [0, 0.05) is 11.9 Å². The maximum atomic E-state index is 13.6. The lowest BCUT2D eigenvalue weighted by Crippen LogP contribution is -2.14. The molecule has 2 N–H and O–H groups in total. The predicted octanol–water partition coefficient (Wildman–Crippen LogP) is 3.24. The van der Waals surface area contributed by atoms with Gasteiger partial charge in [0.25, 0.3) is 10.0 Å². The second-order valence-electron chi connectivity index (χ2n) is 4.44. The van der Waals surface area contributed by atoms with Crippen molar-refractivity contribution < 1.29 is 17.6 Å². The summed E-state index contributed by atoms with van der Waals surface area (Å²) in [5.41, 5.74) is 0.0689. The van der Waals surface area contributed by atoms with Crippen LogP contribution in [0.4, 0.5) is 15.8 Å². The quantitative estimate of drug-likeness (QED) is 0.895.